The van der Waals surface area contributed by atoms with Crippen LogP contribution in [0.5, 0.6) is 17.4 Å². The Morgan fingerprint density at radius 2 is 1.89 bits per heavy atom. The minimum Gasteiger partial charge on any atom is -0.495 e. The van der Waals surface area contributed by atoms with E-state index in [4.69, 9.17) is 20.9 Å². The number of ketones is 1. The van der Waals surface area contributed by atoms with E-state index in [2.05, 4.69) is 15.1 Å². The van der Waals surface area contributed by atoms with Gasteiger partial charge in [-0.15, -0.1) is 0 Å². The monoisotopic (exact) mass is 472 g/mol. The Morgan fingerprint density at radius 1 is 1.09 bits per heavy atom. The molecule has 0 aliphatic rings. The number of nitrogens with zero attached hydrogens (tertiary/aromatic N) is 3. The number of benzene rings is 2. The molecule has 0 bridgehead atoms. The van der Waals surface area contributed by atoms with E-state index in [1.54, 1.807) is 36.4 Å². The van der Waals surface area contributed by atoms with Crippen molar-refractivity contribution < 1.29 is 18.7 Å². The number of nitrogen functional groups attached to an aromatic ring is 2. The Hall–Kier alpha value is -4.86. The first-order valence-corrected chi connectivity index (χ1v) is 10.6. The topological polar surface area (TPSA) is 134 Å². The number of carbonyl (C=O) groups excluding carboxylic acids is 1. The summed E-state index contributed by atoms with van der Waals surface area (Å²) in [5.41, 5.74) is 15.3. The molecule has 0 aliphatic carbocycles. The summed E-state index contributed by atoms with van der Waals surface area (Å²) in [6.07, 6.45) is 2.91. The summed E-state index contributed by atoms with van der Waals surface area (Å²) >= 11 is 0. The first-order valence-electron chi connectivity index (χ1n) is 10.6. The highest BCUT2D eigenvalue weighted by Crippen LogP contribution is 2.30. The number of hydrogen-bond donors (Lipinski definition) is 3. The average Bonchev–Trinajstić information content (AvgIpc) is 3.43. The SMILES string of the molecule is COc1cc2cc(C(=O)c3cnn(-c4cnc(Oc5ccccc5F)cc4C)c3N)[nH]c2cc1N. The average molecular weight is 472 g/mol. The summed E-state index contributed by atoms with van der Waals surface area (Å²) in [6.45, 7) is 1.81. The highest BCUT2D eigenvalue weighted by Gasteiger charge is 2.21. The zero-order valence-electron chi connectivity index (χ0n) is 18.9. The van der Waals surface area contributed by atoms with Gasteiger partial charge in [-0.3, -0.25) is 4.79 Å². The molecular formula is C25H21FN6O3. The maximum absolute atomic E-state index is 13.9. The summed E-state index contributed by atoms with van der Waals surface area (Å²) in [7, 11) is 1.53. The lowest BCUT2D eigenvalue weighted by Gasteiger charge is -2.11. The number of fused-ring (bicyclic) bond motifs is 1. The lowest BCUT2D eigenvalue weighted by molar-refractivity contribution is 0.103. The van der Waals surface area contributed by atoms with Gasteiger partial charge in [0.15, 0.2) is 11.6 Å². The van der Waals surface area contributed by atoms with Crippen LogP contribution in [0.2, 0.25) is 0 Å². The molecule has 35 heavy (non-hydrogen) atoms. The molecule has 0 atom stereocenters. The van der Waals surface area contributed by atoms with Gasteiger partial charge in [0.25, 0.3) is 0 Å². The third kappa shape index (κ3) is 3.90. The fourth-order valence-corrected chi connectivity index (χ4v) is 3.79. The molecule has 5 rings (SSSR count). The number of carbonyl (C=O) groups is 1. The number of para-hydroxylation sites is 1. The molecule has 5 aromatic rings. The van der Waals surface area contributed by atoms with Gasteiger partial charge >= 0.3 is 0 Å². The Labute approximate surface area is 199 Å². The summed E-state index contributed by atoms with van der Waals surface area (Å²) in [4.78, 5) is 20.5. The van der Waals surface area contributed by atoms with Gasteiger partial charge in [-0.2, -0.15) is 5.10 Å². The fraction of sp³-hybridized carbons (Fsp3) is 0.0800. The Morgan fingerprint density at radius 3 is 2.63 bits per heavy atom. The molecule has 9 nitrogen and oxygen atoms in total. The number of halogens is 1. The number of aromatic nitrogens is 4. The van der Waals surface area contributed by atoms with Crippen molar-refractivity contribution in [3.8, 4) is 23.1 Å². The first-order chi connectivity index (χ1) is 16.9. The number of aryl methyl sites for hydroxylation is 1. The molecule has 0 saturated carbocycles. The summed E-state index contributed by atoms with van der Waals surface area (Å²) < 4.78 is 26.1. The first kappa shape index (κ1) is 22.0. The number of methoxy groups -OCH3 is 1. The molecule has 10 heteroatoms. The molecule has 0 saturated heterocycles. The third-order valence-corrected chi connectivity index (χ3v) is 5.60. The van der Waals surface area contributed by atoms with E-state index in [-0.39, 0.29) is 28.8 Å². The second-order valence-corrected chi connectivity index (χ2v) is 7.89. The number of rotatable bonds is 6. The van der Waals surface area contributed by atoms with Gasteiger partial charge in [-0.25, -0.2) is 14.1 Å². The predicted molar refractivity (Wildman–Crippen MR) is 130 cm³/mol. The minimum atomic E-state index is -0.492. The van der Waals surface area contributed by atoms with Crippen molar-refractivity contribution in [2.45, 2.75) is 6.92 Å². The molecule has 3 aromatic heterocycles. The lowest BCUT2D eigenvalue weighted by Crippen LogP contribution is -2.09. The Kier molecular flexibility index (Phi) is 5.33. The van der Waals surface area contributed by atoms with Gasteiger partial charge in [-0.1, -0.05) is 12.1 Å². The zero-order valence-corrected chi connectivity index (χ0v) is 18.9. The summed E-state index contributed by atoms with van der Waals surface area (Å²) in [6, 6.07) is 12.9. The van der Waals surface area contributed by atoms with Crippen molar-refractivity contribution in [3.63, 3.8) is 0 Å². The minimum absolute atomic E-state index is 0.0661. The quantitative estimate of drug-likeness (QED) is 0.246. The second-order valence-electron chi connectivity index (χ2n) is 7.89. The van der Waals surface area contributed by atoms with Crippen LogP contribution in [-0.4, -0.2) is 32.6 Å². The standard InChI is InChI=1S/C25H21FN6O3/c1-13-7-23(35-21-6-4-3-5-16(21)26)29-12-20(13)32-25(28)15(11-30-32)24(33)19-8-14-9-22(34-2)17(27)10-18(14)31-19/h3-12,31H,27-28H2,1-2H3. The fourth-order valence-electron chi connectivity index (χ4n) is 3.79. The summed E-state index contributed by atoms with van der Waals surface area (Å²) in [5.74, 6) is 0.135. The number of anilines is 2. The number of H-pyrrole nitrogens is 1. The van der Waals surface area contributed by atoms with Crippen molar-refractivity contribution in [3.05, 3.63) is 83.6 Å². The van der Waals surface area contributed by atoms with Crippen LogP contribution in [0.25, 0.3) is 16.6 Å². The van der Waals surface area contributed by atoms with Crippen LogP contribution < -0.4 is 20.9 Å². The van der Waals surface area contributed by atoms with Crippen LogP contribution in [0.3, 0.4) is 0 Å². The van der Waals surface area contributed by atoms with Crippen LogP contribution in [0.15, 0.2) is 60.9 Å². The molecule has 0 spiro atoms. The van der Waals surface area contributed by atoms with E-state index in [1.807, 2.05) is 6.92 Å². The maximum Gasteiger partial charge on any atom is 0.219 e. The van der Waals surface area contributed by atoms with E-state index < -0.39 is 5.82 Å². The molecule has 176 valence electrons. The smallest absolute Gasteiger partial charge is 0.219 e. The van der Waals surface area contributed by atoms with Gasteiger partial charge in [0, 0.05) is 17.0 Å². The van der Waals surface area contributed by atoms with E-state index in [0.717, 1.165) is 5.39 Å². The molecule has 5 N–H and O–H groups in total. The van der Waals surface area contributed by atoms with Gasteiger partial charge in [0.1, 0.15) is 11.6 Å². The van der Waals surface area contributed by atoms with Crippen molar-refractivity contribution >= 4 is 28.2 Å². The Bertz CT molecular complexity index is 1590. The number of hydrogen-bond acceptors (Lipinski definition) is 7. The molecular weight excluding hydrogens is 451 g/mol. The predicted octanol–water partition coefficient (Wildman–Crippen LogP) is 4.39. The van der Waals surface area contributed by atoms with Gasteiger partial charge in [-0.05, 0) is 42.8 Å². The molecule has 3 heterocycles. The van der Waals surface area contributed by atoms with Gasteiger partial charge in [0.05, 0.1) is 42.1 Å². The number of nitrogens with two attached hydrogens (primary N) is 2. The molecule has 2 aromatic carbocycles. The van der Waals surface area contributed by atoms with Crippen LogP contribution in [-0.2, 0) is 0 Å². The van der Waals surface area contributed by atoms with Gasteiger partial charge < -0.3 is 25.9 Å². The second kappa shape index (κ2) is 8.49. The molecule has 0 unspecified atom stereocenters. The van der Waals surface area contributed by atoms with E-state index in [1.165, 1.54) is 36.3 Å². The van der Waals surface area contributed by atoms with Gasteiger partial charge in [0.2, 0.25) is 11.7 Å². The van der Waals surface area contributed by atoms with Crippen LogP contribution >= 0.6 is 0 Å². The van der Waals surface area contributed by atoms with Crippen molar-refractivity contribution in [1.82, 2.24) is 19.7 Å². The van der Waals surface area contributed by atoms with E-state index >= 15 is 0 Å². The van der Waals surface area contributed by atoms with Crippen molar-refractivity contribution in [1.29, 1.82) is 0 Å². The maximum atomic E-state index is 13.9. The number of pyridine rings is 1. The third-order valence-electron chi connectivity index (χ3n) is 5.60. The molecule has 0 amide bonds. The molecule has 0 fully saturated rings. The molecule has 0 radical (unpaired) electrons. The van der Waals surface area contributed by atoms with Crippen LogP contribution in [0, 0.1) is 12.7 Å². The normalized spacial score (nSPS) is 11.1. The van der Waals surface area contributed by atoms with Crippen molar-refractivity contribution in [2.24, 2.45) is 0 Å². The van der Waals surface area contributed by atoms with E-state index in [9.17, 15) is 9.18 Å². The zero-order chi connectivity index (χ0) is 24.7. The highest BCUT2D eigenvalue weighted by molar-refractivity contribution is 6.12. The number of ether oxygens (including phenoxy) is 2. The highest BCUT2D eigenvalue weighted by atomic mass is 19.1. The van der Waals surface area contributed by atoms with E-state index in [0.29, 0.717) is 33.9 Å². The molecule has 0 aliphatic heterocycles. The lowest BCUT2D eigenvalue weighted by atomic mass is 10.1. The Balaban J connectivity index is 1.44. The largest absolute Gasteiger partial charge is 0.495 e. The number of nitrogens with one attached hydrogen (secondary N) is 1. The van der Waals surface area contributed by atoms with Crippen LogP contribution in [0.1, 0.15) is 21.6 Å². The number of aromatic amines is 1. The van der Waals surface area contributed by atoms with Crippen molar-refractivity contribution in [2.75, 3.05) is 18.6 Å². The van der Waals surface area contributed by atoms with Crippen LogP contribution in [0.4, 0.5) is 15.9 Å². The summed E-state index contributed by atoms with van der Waals surface area (Å²) in [5, 5.41) is 5.07.